The van der Waals surface area contributed by atoms with Gasteiger partial charge in [0.2, 0.25) is 0 Å². The molecule has 1 spiro atoms. The number of rotatable bonds is 3. The first-order chi connectivity index (χ1) is 13.5. The molecule has 3 atom stereocenters. The molecule has 0 radical (unpaired) electrons. The van der Waals surface area contributed by atoms with Crippen LogP contribution >= 0.6 is 0 Å². The molecular formula is C24H26O4. The molecule has 2 aromatic carbocycles. The van der Waals surface area contributed by atoms with E-state index in [2.05, 4.69) is 43.0 Å². The molecule has 2 N–H and O–H groups in total. The van der Waals surface area contributed by atoms with Gasteiger partial charge >= 0.3 is 0 Å². The van der Waals surface area contributed by atoms with Crippen molar-refractivity contribution < 1.29 is 19.7 Å². The predicted octanol–water partition coefficient (Wildman–Crippen LogP) is 3.17. The van der Waals surface area contributed by atoms with Crippen LogP contribution in [-0.2, 0) is 28.3 Å². The van der Waals surface area contributed by atoms with Crippen LogP contribution in [0.2, 0.25) is 0 Å². The van der Waals surface area contributed by atoms with Gasteiger partial charge in [-0.3, -0.25) is 0 Å². The van der Waals surface area contributed by atoms with Crippen molar-refractivity contribution in [2.45, 2.75) is 57.7 Å². The van der Waals surface area contributed by atoms with Gasteiger partial charge in [-0.2, -0.15) is 0 Å². The molecule has 4 rings (SSSR count). The van der Waals surface area contributed by atoms with E-state index in [0.717, 1.165) is 23.1 Å². The number of ether oxygens (including phenoxy) is 2. The molecule has 28 heavy (non-hydrogen) atoms. The summed E-state index contributed by atoms with van der Waals surface area (Å²) in [6, 6.07) is 12.6. The van der Waals surface area contributed by atoms with Crippen LogP contribution in [0.4, 0.5) is 0 Å². The average molecular weight is 378 g/mol. The Balaban J connectivity index is 1.65. The highest BCUT2D eigenvalue weighted by atomic mass is 16.7. The fourth-order valence-corrected chi connectivity index (χ4v) is 4.26. The Hall–Kier alpha value is -2.16. The first kappa shape index (κ1) is 19.2. The molecule has 4 nitrogen and oxygen atoms in total. The van der Waals surface area contributed by atoms with Gasteiger partial charge in [0, 0.05) is 24.0 Å². The van der Waals surface area contributed by atoms with Crippen LogP contribution in [0.25, 0.3) is 0 Å². The minimum atomic E-state index is -0.955. The molecule has 0 bridgehead atoms. The van der Waals surface area contributed by atoms with Crippen LogP contribution in [0.3, 0.4) is 0 Å². The average Bonchev–Trinajstić information content (AvgIpc) is 2.99. The van der Waals surface area contributed by atoms with E-state index in [9.17, 15) is 10.2 Å². The maximum atomic E-state index is 10.3. The largest absolute Gasteiger partial charge is 0.394 e. The van der Waals surface area contributed by atoms with Crippen molar-refractivity contribution in [3.8, 4) is 11.8 Å². The van der Waals surface area contributed by atoms with Crippen molar-refractivity contribution in [1.82, 2.24) is 0 Å². The maximum absolute atomic E-state index is 10.3. The summed E-state index contributed by atoms with van der Waals surface area (Å²) >= 11 is 0. The van der Waals surface area contributed by atoms with Crippen molar-refractivity contribution >= 4 is 0 Å². The molecule has 4 heteroatoms. The molecule has 2 aliphatic rings. The van der Waals surface area contributed by atoms with E-state index in [-0.39, 0.29) is 6.61 Å². The van der Waals surface area contributed by atoms with Crippen LogP contribution in [0.15, 0.2) is 36.4 Å². The molecule has 2 aliphatic heterocycles. The summed E-state index contributed by atoms with van der Waals surface area (Å²) in [5.74, 6) is 5.03. The summed E-state index contributed by atoms with van der Waals surface area (Å²) in [5.41, 5.74) is 6.74. The number of aliphatic hydroxyl groups is 2. The smallest absolute Gasteiger partial charge is 0.198 e. The number of fused-ring (bicyclic) bond motifs is 2. The minimum Gasteiger partial charge on any atom is -0.394 e. The van der Waals surface area contributed by atoms with E-state index in [0.29, 0.717) is 19.4 Å². The number of hydrogen-bond donors (Lipinski definition) is 2. The molecule has 2 aromatic rings. The highest BCUT2D eigenvalue weighted by Gasteiger charge is 2.48. The van der Waals surface area contributed by atoms with Gasteiger partial charge in [-0.05, 0) is 60.7 Å². The summed E-state index contributed by atoms with van der Waals surface area (Å²) in [5, 5.41) is 19.9. The van der Waals surface area contributed by atoms with Gasteiger partial charge in [-0.15, -0.1) is 5.92 Å². The van der Waals surface area contributed by atoms with E-state index in [1.165, 1.54) is 16.7 Å². The molecule has 2 heterocycles. The molecule has 0 saturated carbocycles. The number of benzene rings is 2. The van der Waals surface area contributed by atoms with Crippen molar-refractivity contribution in [3.05, 3.63) is 69.8 Å². The van der Waals surface area contributed by atoms with Gasteiger partial charge in [-0.25, -0.2) is 0 Å². The van der Waals surface area contributed by atoms with Crippen molar-refractivity contribution in [3.63, 3.8) is 0 Å². The fourth-order valence-electron chi connectivity index (χ4n) is 4.26. The van der Waals surface area contributed by atoms with E-state index in [1.807, 2.05) is 19.1 Å². The summed E-state index contributed by atoms with van der Waals surface area (Å²) in [4.78, 5) is 0. The Morgan fingerprint density at radius 2 is 2.00 bits per heavy atom. The second kappa shape index (κ2) is 7.69. The first-order valence-corrected chi connectivity index (χ1v) is 9.78. The zero-order valence-corrected chi connectivity index (χ0v) is 16.4. The second-order valence-corrected chi connectivity index (χ2v) is 7.74. The quantitative estimate of drug-likeness (QED) is 0.806. The van der Waals surface area contributed by atoms with E-state index >= 15 is 0 Å². The van der Waals surface area contributed by atoms with Crippen molar-refractivity contribution in [2.75, 3.05) is 6.61 Å². The van der Waals surface area contributed by atoms with Crippen LogP contribution in [-0.4, -0.2) is 29.0 Å². The van der Waals surface area contributed by atoms with Crippen LogP contribution in [0, 0.1) is 18.8 Å². The third-order valence-corrected chi connectivity index (χ3v) is 5.65. The second-order valence-electron chi connectivity index (χ2n) is 7.74. The van der Waals surface area contributed by atoms with Crippen LogP contribution in [0.1, 0.15) is 53.1 Å². The molecule has 1 saturated heterocycles. The standard InChI is InChI=1S/C24H26O4/c1-3-4-17-5-7-18(8-6-17)10-19-11-23-20(9-16(19)2)15-27-24(23)13-21(26)12-22(14-25)28-24/h5-9,11,21-22,25-26H,10,12-15H2,1-2H3/t21?,22?,24-/m1/s1. The number of aliphatic hydroxyl groups excluding tert-OH is 2. The van der Waals surface area contributed by atoms with E-state index in [1.54, 1.807) is 0 Å². The predicted molar refractivity (Wildman–Crippen MR) is 107 cm³/mol. The molecule has 0 amide bonds. The summed E-state index contributed by atoms with van der Waals surface area (Å²) < 4.78 is 12.2. The Kier molecular flexibility index (Phi) is 5.27. The van der Waals surface area contributed by atoms with E-state index in [4.69, 9.17) is 9.47 Å². The number of hydrogen-bond acceptors (Lipinski definition) is 4. The lowest BCUT2D eigenvalue weighted by Gasteiger charge is -2.40. The molecule has 0 aliphatic carbocycles. The topological polar surface area (TPSA) is 58.9 Å². The summed E-state index contributed by atoms with van der Waals surface area (Å²) in [7, 11) is 0. The van der Waals surface area contributed by atoms with Crippen LogP contribution < -0.4 is 0 Å². The Bertz CT molecular complexity index is 922. The first-order valence-electron chi connectivity index (χ1n) is 9.78. The Labute approximate surface area is 166 Å². The summed E-state index contributed by atoms with van der Waals surface area (Å²) in [6.45, 7) is 4.30. The van der Waals surface area contributed by atoms with Gasteiger partial charge in [-0.1, -0.05) is 24.1 Å². The third-order valence-electron chi connectivity index (χ3n) is 5.65. The zero-order valence-electron chi connectivity index (χ0n) is 16.4. The molecule has 1 fully saturated rings. The Morgan fingerprint density at radius 1 is 1.21 bits per heavy atom. The van der Waals surface area contributed by atoms with Gasteiger partial charge in [0.15, 0.2) is 5.79 Å². The lowest BCUT2D eigenvalue weighted by molar-refractivity contribution is -0.302. The van der Waals surface area contributed by atoms with Crippen molar-refractivity contribution in [1.29, 1.82) is 0 Å². The van der Waals surface area contributed by atoms with Crippen molar-refractivity contribution in [2.24, 2.45) is 0 Å². The highest BCUT2D eigenvalue weighted by Crippen LogP contribution is 2.46. The van der Waals surface area contributed by atoms with Gasteiger partial charge in [0.25, 0.3) is 0 Å². The highest BCUT2D eigenvalue weighted by molar-refractivity contribution is 5.45. The Morgan fingerprint density at radius 3 is 2.71 bits per heavy atom. The normalized spacial score (nSPS) is 26.0. The maximum Gasteiger partial charge on any atom is 0.198 e. The monoisotopic (exact) mass is 378 g/mol. The lowest BCUT2D eigenvalue weighted by Crippen LogP contribution is -2.45. The van der Waals surface area contributed by atoms with E-state index < -0.39 is 18.0 Å². The zero-order chi connectivity index (χ0) is 19.7. The lowest BCUT2D eigenvalue weighted by atomic mass is 9.88. The van der Waals surface area contributed by atoms with Gasteiger partial charge in [0.05, 0.1) is 25.4 Å². The molecule has 2 unspecified atom stereocenters. The van der Waals surface area contributed by atoms with Gasteiger partial charge < -0.3 is 19.7 Å². The molecular weight excluding hydrogens is 352 g/mol. The third kappa shape index (κ3) is 3.59. The summed E-state index contributed by atoms with van der Waals surface area (Å²) in [6.07, 6.45) is 0.674. The molecule has 0 aromatic heterocycles. The SMILES string of the molecule is CC#Cc1ccc(Cc2cc3c(cc2C)CO[C@@]32CC(O)CC(CO)O2)cc1. The number of aryl methyl sites for hydroxylation is 1. The van der Waals surface area contributed by atoms with Gasteiger partial charge in [0.1, 0.15) is 0 Å². The minimum absolute atomic E-state index is 0.122. The van der Waals surface area contributed by atoms with Crippen LogP contribution in [0.5, 0.6) is 0 Å². The fraction of sp³-hybridized carbons (Fsp3) is 0.417. The molecule has 146 valence electrons.